The zero-order valence-corrected chi connectivity index (χ0v) is 15.4. The molecule has 0 radical (unpaired) electrons. The van der Waals surface area contributed by atoms with Gasteiger partial charge in [0, 0.05) is 0 Å². The standard InChI is InChI=1S/C21H26N2O3/c1-17(23(2)15-9-14-18-10-5-3-6-11-18)20(24)22-21(25)26-16-19-12-7-4-8-13-19/h3-8,10-13,17H,9,14-16H2,1-2H3,(H,22,24,25)/t17-/m1/s1. The Labute approximate surface area is 155 Å². The minimum atomic E-state index is -0.719. The number of carbonyl (C=O) groups excluding carboxylic acids is 2. The molecular formula is C21H26N2O3. The second kappa shape index (κ2) is 10.4. The highest BCUT2D eigenvalue weighted by Gasteiger charge is 2.20. The fourth-order valence-corrected chi connectivity index (χ4v) is 2.54. The van der Waals surface area contributed by atoms with Gasteiger partial charge in [-0.05, 0) is 44.5 Å². The van der Waals surface area contributed by atoms with Gasteiger partial charge in [0.05, 0.1) is 6.04 Å². The molecule has 0 aliphatic heterocycles. The molecule has 0 aromatic heterocycles. The van der Waals surface area contributed by atoms with Crippen LogP contribution in [-0.4, -0.2) is 36.5 Å². The van der Waals surface area contributed by atoms with E-state index in [9.17, 15) is 9.59 Å². The third-order valence-electron chi connectivity index (χ3n) is 4.30. The summed E-state index contributed by atoms with van der Waals surface area (Å²) in [4.78, 5) is 25.9. The number of benzene rings is 2. The number of likely N-dealkylation sites (N-methyl/N-ethyl adjacent to an activating group) is 1. The van der Waals surface area contributed by atoms with E-state index < -0.39 is 12.1 Å². The van der Waals surface area contributed by atoms with Crippen molar-refractivity contribution in [1.29, 1.82) is 0 Å². The van der Waals surface area contributed by atoms with Crippen molar-refractivity contribution in [2.75, 3.05) is 13.6 Å². The molecule has 0 bridgehead atoms. The second-order valence-electron chi connectivity index (χ2n) is 6.30. The molecule has 0 aliphatic rings. The van der Waals surface area contributed by atoms with Crippen molar-refractivity contribution in [2.24, 2.45) is 0 Å². The lowest BCUT2D eigenvalue weighted by Crippen LogP contribution is -2.45. The molecule has 0 aliphatic carbocycles. The molecule has 0 heterocycles. The van der Waals surface area contributed by atoms with Gasteiger partial charge in [-0.3, -0.25) is 15.0 Å². The van der Waals surface area contributed by atoms with E-state index in [2.05, 4.69) is 17.4 Å². The summed E-state index contributed by atoms with van der Waals surface area (Å²) < 4.78 is 5.08. The molecule has 1 N–H and O–H groups in total. The van der Waals surface area contributed by atoms with Crippen LogP contribution in [0, 0.1) is 0 Å². The van der Waals surface area contributed by atoms with Crippen molar-refractivity contribution < 1.29 is 14.3 Å². The maximum absolute atomic E-state index is 12.2. The predicted octanol–water partition coefficient (Wildman–Crippen LogP) is 3.39. The highest BCUT2D eigenvalue weighted by Crippen LogP contribution is 2.05. The number of imide groups is 1. The van der Waals surface area contributed by atoms with E-state index in [-0.39, 0.29) is 12.5 Å². The molecule has 2 rings (SSSR count). The number of rotatable bonds is 8. The van der Waals surface area contributed by atoms with Crippen LogP contribution in [0.4, 0.5) is 4.79 Å². The summed E-state index contributed by atoms with van der Waals surface area (Å²) in [6.07, 6.45) is 1.18. The number of carbonyl (C=O) groups is 2. The van der Waals surface area contributed by atoms with E-state index in [0.717, 1.165) is 24.9 Å². The molecule has 0 saturated heterocycles. The maximum atomic E-state index is 12.2. The van der Waals surface area contributed by atoms with Crippen LogP contribution in [0.3, 0.4) is 0 Å². The van der Waals surface area contributed by atoms with Crippen molar-refractivity contribution in [2.45, 2.75) is 32.4 Å². The molecule has 0 fully saturated rings. The monoisotopic (exact) mass is 354 g/mol. The Kier molecular flexibility index (Phi) is 7.83. The van der Waals surface area contributed by atoms with Crippen LogP contribution < -0.4 is 5.32 Å². The summed E-state index contributed by atoms with van der Waals surface area (Å²) in [6, 6.07) is 19.2. The first-order chi connectivity index (χ1) is 12.6. The van der Waals surface area contributed by atoms with E-state index in [1.165, 1.54) is 5.56 Å². The van der Waals surface area contributed by atoms with Gasteiger partial charge >= 0.3 is 6.09 Å². The molecule has 1 atom stereocenters. The number of ether oxygens (including phenoxy) is 1. The zero-order valence-electron chi connectivity index (χ0n) is 15.4. The van der Waals surface area contributed by atoms with Gasteiger partial charge < -0.3 is 4.74 Å². The number of nitrogens with one attached hydrogen (secondary N) is 1. The highest BCUT2D eigenvalue weighted by atomic mass is 16.5. The highest BCUT2D eigenvalue weighted by molar-refractivity contribution is 5.94. The number of aryl methyl sites for hydroxylation is 1. The molecular weight excluding hydrogens is 328 g/mol. The summed E-state index contributed by atoms with van der Waals surface area (Å²) in [5.74, 6) is -0.356. The Morgan fingerprint density at radius 3 is 2.19 bits per heavy atom. The van der Waals surface area contributed by atoms with Crippen LogP contribution in [0.5, 0.6) is 0 Å². The van der Waals surface area contributed by atoms with Gasteiger partial charge in [0.2, 0.25) is 5.91 Å². The first-order valence-corrected chi connectivity index (χ1v) is 8.82. The first-order valence-electron chi connectivity index (χ1n) is 8.82. The average molecular weight is 354 g/mol. The lowest BCUT2D eigenvalue weighted by molar-refractivity contribution is -0.124. The van der Waals surface area contributed by atoms with Crippen LogP contribution in [0.1, 0.15) is 24.5 Å². The lowest BCUT2D eigenvalue weighted by atomic mass is 10.1. The molecule has 26 heavy (non-hydrogen) atoms. The van der Waals surface area contributed by atoms with Gasteiger partial charge in [-0.1, -0.05) is 60.7 Å². The number of amides is 2. The van der Waals surface area contributed by atoms with Crippen molar-refractivity contribution in [3.63, 3.8) is 0 Å². The molecule has 2 aromatic rings. The summed E-state index contributed by atoms with van der Waals surface area (Å²) in [5, 5.41) is 2.30. The van der Waals surface area contributed by atoms with E-state index >= 15 is 0 Å². The maximum Gasteiger partial charge on any atom is 0.414 e. The summed E-state index contributed by atoms with van der Waals surface area (Å²) >= 11 is 0. The molecule has 0 spiro atoms. The third-order valence-corrected chi connectivity index (χ3v) is 4.30. The van der Waals surface area contributed by atoms with Crippen molar-refractivity contribution >= 4 is 12.0 Å². The zero-order chi connectivity index (χ0) is 18.8. The van der Waals surface area contributed by atoms with Crippen LogP contribution >= 0.6 is 0 Å². The molecule has 2 amide bonds. The SMILES string of the molecule is C[C@H](C(=O)NC(=O)OCc1ccccc1)N(C)CCCc1ccccc1. The van der Waals surface area contributed by atoms with Crippen molar-refractivity contribution in [3.05, 3.63) is 71.8 Å². The van der Waals surface area contributed by atoms with Gasteiger partial charge in [-0.25, -0.2) is 4.79 Å². The lowest BCUT2D eigenvalue weighted by Gasteiger charge is -2.23. The molecule has 5 nitrogen and oxygen atoms in total. The van der Waals surface area contributed by atoms with Gasteiger partial charge in [0.1, 0.15) is 6.61 Å². The minimum absolute atomic E-state index is 0.140. The normalized spacial score (nSPS) is 11.8. The van der Waals surface area contributed by atoms with Gasteiger partial charge in [0.15, 0.2) is 0 Å². The van der Waals surface area contributed by atoms with E-state index in [0.29, 0.717) is 0 Å². The molecule has 138 valence electrons. The van der Waals surface area contributed by atoms with Gasteiger partial charge in [-0.2, -0.15) is 0 Å². The van der Waals surface area contributed by atoms with Crippen LogP contribution in [0.15, 0.2) is 60.7 Å². The van der Waals surface area contributed by atoms with E-state index in [1.54, 1.807) is 6.92 Å². The number of hydrogen-bond donors (Lipinski definition) is 1. The van der Waals surface area contributed by atoms with Gasteiger partial charge in [0.25, 0.3) is 0 Å². The summed E-state index contributed by atoms with van der Waals surface area (Å²) in [7, 11) is 1.88. The Bertz CT molecular complexity index is 689. The van der Waals surface area contributed by atoms with E-state index in [4.69, 9.17) is 4.74 Å². The second-order valence-corrected chi connectivity index (χ2v) is 6.30. The quantitative estimate of drug-likeness (QED) is 0.789. The smallest absolute Gasteiger partial charge is 0.414 e. The van der Waals surface area contributed by atoms with Crippen LogP contribution in [-0.2, 0) is 22.6 Å². The summed E-state index contributed by atoms with van der Waals surface area (Å²) in [5.41, 5.74) is 2.16. The topological polar surface area (TPSA) is 58.6 Å². The Morgan fingerprint density at radius 2 is 1.58 bits per heavy atom. The Hall–Kier alpha value is -2.66. The van der Waals surface area contributed by atoms with Gasteiger partial charge in [-0.15, -0.1) is 0 Å². The molecule has 2 aromatic carbocycles. The molecule has 0 saturated carbocycles. The first kappa shape index (κ1) is 19.7. The average Bonchev–Trinajstić information content (AvgIpc) is 2.67. The molecule has 5 heteroatoms. The predicted molar refractivity (Wildman–Crippen MR) is 102 cm³/mol. The number of hydrogen-bond acceptors (Lipinski definition) is 4. The minimum Gasteiger partial charge on any atom is -0.444 e. The molecule has 0 unspecified atom stereocenters. The fraction of sp³-hybridized carbons (Fsp3) is 0.333. The van der Waals surface area contributed by atoms with Crippen molar-refractivity contribution in [3.8, 4) is 0 Å². The summed E-state index contributed by atoms with van der Waals surface area (Å²) in [6.45, 7) is 2.69. The van der Waals surface area contributed by atoms with E-state index in [1.807, 2.05) is 60.5 Å². The number of alkyl carbamates (subject to hydrolysis) is 1. The van der Waals surface area contributed by atoms with Crippen molar-refractivity contribution in [1.82, 2.24) is 10.2 Å². The fourth-order valence-electron chi connectivity index (χ4n) is 2.54. The Morgan fingerprint density at radius 1 is 1.00 bits per heavy atom. The third kappa shape index (κ3) is 6.69. The van der Waals surface area contributed by atoms with Crippen LogP contribution in [0.25, 0.3) is 0 Å². The van der Waals surface area contributed by atoms with Crippen LogP contribution in [0.2, 0.25) is 0 Å². The largest absolute Gasteiger partial charge is 0.444 e. The number of nitrogens with zero attached hydrogens (tertiary/aromatic N) is 1. The Balaban J connectivity index is 1.69.